The summed E-state index contributed by atoms with van der Waals surface area (Å²) in [5, 5.41) is 8.83. The third kappa shape index (κ3) is 4.29. The molecule has 0 saturated heterocycles. The quantitative estimate of drug-likeness (QED) is 0.692. The highest BCUT2D eigenvalue weighted by Gasteiger charge is 2.17. The first-order valence-corrected chi connectivity index (χ1v) is 10.1. The molecule has 1 amide bonds. The molecule has 0 fully saturated rings. The molecule has 0 radical (unpaired) electrons. The Balaban J connectivity index is 1.58. The van der Waals surface area contributed by atoms with Crippen LogP contribution in [0.1, 0.15) is 19.0 Å². The van der Waals surface area contributed by atoms with Crippen molar-refractivity contribution in [1.29, 1.82) is 0 Å². The Labute approximate surface area is 152 Å². The number of nitrogens with zero attached hydrogens (tertiary/aromatic N) is 2. The van der Waals surface area contributed by atoms with E-state index in [-0.39, 0.29) is 23.0 Å². The van der Waals surface area contributed by atoms with Crippen LogP contribution in [-0.2, 0) is 27.7 Å². The lowest BCUT2D eigenvalue weighted by atomic mass is 10.1. The second-order valence-electron chi connectivity index (χ2n) is 6.02. The van der Waals surface area contributed by atoms with Gasteiger partial charge in [0.25, 0.3) is 0 Å². The molecule has 1 aromatic heterocycles. The fraction of sp³-hybridized carbons (Fsp3) is 0.263. The van der Waals surface area contributed by atoms with Crippen LogP contribution in [0, 0.1) is 0 Å². The summed E-state index contributed by atoms with van der Waals surface area (Å²) in [4.78, 5) is 12.2. The Morgan fingerprint density at radius 3 is 2.62 bits per heavy atom. The van der Waals surface area contributed by atoms with Crippen molar-refractivity contribution in [2.45, 2.75) is 31.3 Å². The summed E-state index contributed by atoms with van der Waals surface area (Å²) in [6.07, 6.45) is 1.76. The average molecular weight is 371 g/mol. The first-order chi connectivity index (χ1) is 12.5. The third-order valence-corrected chi connectivity index (χ3v) is 5.88. The van der Waals surface area contributed by atoms with E-state index in [1.165, 1.54) is 0 Å². The maximum atomic E-state index is 12.5. The lowest BCUT2D eigenvalue weighted by Gasteiger charge is -2.07. The van der Waals surface area contributed by atoms with Crippen molar-refractivity contribution in [2.75, 3.05) is 5.75 Å². The van der Waals surface area contributed by atoms with Crippen molar-refractivity contribution in [3.8, 4) is 0 Å². The van der Waals surface area contributed by atoms with Crippen molar-refractivity contribution in [2.24, 2.45) is 0 Å². The van der Waals surface area contributed by atoms with Crippen LogP contribution in [0.5, 0.6) is 0 Å². The van der Waals surface area contributed by atoms with Gasteiger partial charge in [0.1, 0.15) is 0 Å². The maximum Gasteiger partial charge on any atom is 0.221 e. The van der Waals surface area contributed by atoms with Crippen molar-refractivity contribution in [1.82, 2.24) is 15.1 Å². The summed E-state index contributed by atoms with van der Waals surface area (Å²) >= 11 is 0. The second-order valence-corrected chi connectivity index (χ2v) is 8.13. The minimum absolute atomic E-state index is 0.0797. The smallest absolute Gasteiger partial charge is 0.221 e. The SMILES string of the molecule is CCn1ccc(CNC(=O)CCS(=O)(=O)c2ccc3ccccc3c2)n1. The molecule has 1 heterocycles. The van der Waals surface area contributed by atoms with E-state index in [9.17, 15) is 13.2 Å². The molecule has 0 aliphatic heterocycles. The summed E-state index contributed by atoms with van der Waals surface area (Å²) in [6.45, 7) is 3.03. The number of hydrogen-bond donors (Lipinski definition) is 1. The molecule has 3 aromatic rings. The normalized spacial score (nSPS) is 11.6. The Morgan fingerprint density at radius 1 is 1.12 bits per heavy atom. The fourth-order valence-electron chi connectivity index (χ4n) is 2.66. The molecule has 136 valence electrons. The first-order valence-electron chi connectivity index (χ1n) is 8.48. The fourth-order valence-corrected chi connectivity index (χ4v) is 3.93. The first kappa shape index (κ1) is 18.1. The Hall–Kier alpha value is -2.67. The van der Waals surface area contributed by atoms with E-state index in [0.29, 0.717) is 6.54 Å². The molecule has 0 unspecified atom stereocenters. The Morgan fingerprint density at radius 2 is 1.88 bits per heavy atom. The van der Waals surface area contributed by atoms with Crippen molar-refractivity contribution >= 4 is 26.5 Å². The number of rotatable bonds is 7. The zero-order valence-corrected chi connectivity index (χ0v) is 15.4. The standard InChI is InChI=1S/C19H21N3O3S/c1-2-22-11-9-17(21-22)14-20-19(23)10-12-26(24,25)18-8-7-15-5-3-4-6-16(15)13-18/h3-9,11,13H,2,10,12,14H2,1H3,(H,20,23). The van der Waals surface area contributed by atoms with Gasteiger partial charge in [-0.1, -0.05) is 30.3 Å². The number of hydrogen-bond acceptors (Lipinski definition) is 4. The summed E-state index contributed by atoms with van der Waals surface area (Å²) in [6, 6.07) is 14.4. The van der Waals surface area contributed by atoms with Gasteiger partial charge < -0.3 is 5.32 Å². The summed E-state index contributed by atoms with van der Waals surface area (Å²) in [7, 11) is -3.51. The van der Waals surface area contributed by atoms with Crippen LogP contribution in [0.25, 0.3) is 10.8 Å². The largest absolute Gasteiger partial charge is 0.350 e. The van der Waals surface area contributed by atoms with E-state index in [0.717, 1.165) is 23.0 Å². The number of benzene rings is 2. The Kier molecular flexibility index (Phi) is 5.37. The number of aromatic nitrogens is 2. The van der Waals surface area contributed by atoms with E-state index in [1.54, 1.807) is 22.9 Å². The van der Waals surface area contributed by atoms with Crippen LogP contribution in [0.2, 0.25) is 0 Å². The van der Waals surface area contributed by atoms with Crippen LogP contribution < -0.4 is 5.32 Å². The van der Waals surface area contributed by atoms with Gasteiger partial charge in [0.15, 0.2) is 9.84 Å². The number of carbonyl (C=O) groups is 1. The van der Waals surface area contributed by atoms with Gasteiger partial charge in [-0.15, -0.1) is 0 Å². The van der Waals surface area contributed by atoms with Crippen molar-refractivity contribution in [3.63, 3.8) is 0 Å². The highest BCUT2D eigenvalue weighted by atomic mass is 32.2. The van der Waals surface area contributed by atoms with Gasteiger partial charge in [0.05, 0.1) is 22.9 Å². The van der Waals surface area contributed by atoms with Crippen LogP contribution in [0.3, 0.4) is 0 Å². The molecular formula is C19H21N3O3S. The molecule has 7 heteroatoms. The molecule has 0 bridgehead atoms. The van der Waals surface area contributed by atoms with E-state index in [1.807, 2.05) is 43.5 Å². The van der Waals surface area contributed by atoms with Crippen molar-refractivity contribution < 1.29 is 13.2 Å². The van der Waals surface area contributed by atoms with E-state index in [2.05, 4.69) is 10.4 Å². The summed E-state index contributed by atoms with van der Waals surface area (Å²) in [5.74, 6) is -0.527. The van der Waals surface area contributed by atoms with E-state index < -0.39 is 9.84 Å². The van der Waals surface area contributed by atoms with Gasteiger partial charge in [0, 0.05) is 19.2 Å². The zero-order chi connectivity index (χ0) is 18.6. The van der Waals surface area contributed by atoms with Crippen molar-refractivity contribution in [3.05, 3.63) is 60.4 Å². The molecule has 6 nitrogen and oxygen atoms in total. The molecule has 0 aliphatic rings. The molecule has 0 aliphatic carbocycles. The Bertz CT molecular complexity index is 1030. The highest BCUT2D eigenvalue weighted by molar-refractivity contribution is 7.91. The number of sulfone groups is 1. The van der Waals surface area contributed by atoms with Crippen LogP contribution in [0.15, 0.2) is 59.6 Å². The zero-order valence-electron chi connectivity index (χ0n) is 14.6. The van der Waals surface area contributed by atoms with Gasteiger partial charge in [-0.05, 0) is 35.9 Å². The maximum absolute atomic E-state index is 12.5. The van der Waals surface area contributed by atoms with E-state index >= 15 is 0 Å². The van der Waals surface area contributed by atoms with Crippen LogP contribution in [0.4, 0.5) is 0 Å². The molecule has 3 rings (SSSR count). The lowest BCUT2D eigenvalue weighted by Crippen LogP contribution is -2.25. The molecule has 0 spiro atoms. The molecular weight excluding hydrogens is 350 g/mol. The molecule has 1 N–H and O–H groups in total. The molecule has 0 atom stereocenters. The van der Waals surface area contributed by atoms with E-state index in [4.69, 9.17) is 0 Å². The predicted molar refractivity (Wildman–Crippen MR) is 100 cm³/mol. The minimum Gasteiger partial charge on any atom is -0.350 e. The lowest BCUT2D eigenvalue weighted by molar-refractivity contribution is -0.120. The predicted octanol–water partition coefficient (Wildman–Crippen LogP) is 2.54. The van der Waals surface area contributed by atoms with Crippen LogP contribution >= 0.6 is 0 Å². The van der Waals surface area contributed by atoms with Gasteiger partial charge >= 0.3 is 0 Å². The van der Waals surface area contributed by atoms with Gasteiger partial charge in [-0.3, -0.25) is 9.48 Å². The van der Waals surface area contributed by atoms with Gasteiger partial charge in [0.2, 0.25) is 5.91 Å². The number of carbonyl (C=O) groups excluding carboxylic acids is 1. The summed E-state index contributed by atoms with van der Waals surface area (Å²) < 4.78 is 26.8. The highest BCUT2D eigenvalue weighted by Crippen LogP contribution is 2.20. The number of amides is 1. The average Bonchev–Trinajstić information content (AvgIpc) is 3.12. The van der Waals surface area contributed by atoms with Gasteiger partial charge in [-0.25, -0.2) is 8.42 Å². The molecule has 2 aromatic carbocycles. The topological polar surface area (TPSA) is 81.1 Å². The minimum atomic E-state index is -3.51. The monoisotopic (exact) mass is 371 g/mol. The molecule has 26 heavy (non-hydrogen) atoms. The third-order valence-electron chi connectivity index (χ3n) is 4.16. The van der Waals surface area contributed by atoms with Crippen LogP contribution in [-0.4, -0.2) is 29.9 Å². The number of nitrogens with one attached hydrogen (secondary N) is 1. The molecule has 0 saturated carbocycles. The second kappa shape index (κ2) is 7.70. The number of fused-ring (bicyclic) bond motifs is 1. The van der Waals surface area contributed by atoms with Gasteiger partial charge in [-0.2, -0.15) is 5.10 Å². The number of aryl methyl sites for hydroxylation is 1. The summed E-state index contributed by atoms with van der Waals surface area (Å²) in [5.41, 5.74) is 0.748.